The van der Waals surface area contributed by atoms with Crippen molar-refractivity contribution in [2.24, 2.45) is 0 Å². The maximum absolute atomic E-state index is 11.8. The van der Waals surface area contributed by atoms with Gasteiger partial charge in [-0.15, -0.1) is 0 Å². The Morgan fingerprint density at radius 3 is 2.60 bits per heavy atom. The SMILES string of the molecule is Nc1cc(Cl)ccc1S(=O)(=O)NC1CC1. The van der Waals surface area contributed by atoms with Gasteiger partial charge in [-0.1, -0.05) is 11.6 Å². The number of nitrogens with two attached hydrogens (primary N) is 1. The molecule has 1 aromatic carbocycles. The molecule has 1 aliphatic rings. The van der Waals surface area contributed by atoms with Crippen LogP contribution in [0.5, 0.6) is 0 Å². The highest BCUT2D eigenvalue weighted by Gasteiger charge is 2.28. The van der Waals surface area contributed by atoms with Crippen LogP contribution in [0.3, 0.4) is 0 Å². The molecule has 3 N–H and O–H groups in total. The van der Waals surface area contributed by atoms with Crippen molar-refractivity contribution in [1.29, 1.82) is 0 Å². The van der Waals surface area contributed by atoms with Gasteiger partial charge in [0.1, 0.15) is 4.90 Å². The minimum Gasteiger partial charge on any atom is -0.398 e. The monoisotopic (exact) mass is 246 g/mol. The van der Waals surface area contributed by atoms with E-state index in [1.54, 1.807) is 0 Å². The predicted molar refractivity (Wildman–Crippen MR) is 59.2 cm³/mol. The molecule has 0 unspecified atom stereocenters. The summed E-state index contributed by atoms with van der Waals surface area (Å²) in [5.41, 5.74) is 5.78. The molecule has 0 amide bonds. The predicted octanol–water partition coefficient (Wildman–Crippen LogP) is 1.36. The van der Waals surface area contributed by atoms with E-state index in [1.165, 1.54) is 18.2 Å². The number of nitrogens with one attached hydrogen (secondary N) is 1. The summed E-state index contributed by atoms with van der Waals surface area (Å²) < 4.78 is 26.1. The van der Waals surface area contributed by atoms with Crippen LogP contribution in [0.2, 0.25) is 5.02 Å². The zero-order valence-electron chi connectivity index (χ0n) is 7.90. The Labute approximate surface area is 93.5 Å². The molecule has 15 heavy (non-hydrogen) atoms. The fourth-order valence-corrected chi connectivity index (χ4v) is 2.85. The molecule has 0 bridgehead atoms. The van der Waals surface area contributed by atoms with E-state index in [-0.39, 0.29) is 16.6 Å². The Morgan fingerprint density at radius 1 is 1.40 bits per heavy atom. The van der Waals surface area contributed by atoms with Crippen molar-refractivity contribution in [2.75, 3.05) is 5.73 Å². The zero-order chi connectivity index (χ0) is 11.1. The molecule has 2 rings (SSSR count). The van der Waals surface area contributed by atoms with Crippen LogP contribution < -0.4 is 10.5 Å². The van der Waals surface area contributed by atoms with Crippen LogP contribution in [0, 0.1) is 0 Å². The lowest BCUT2D eigenvalue weighted by Gasteiger charge is -2.08. The van der Waals surface area contributed by atoms with Gasteiger partial charge in [-0.05, 0) is 31.0 Å². The molecule has 1 aliphatic carbocycles. The molecule has 1 fully saturated rings. The minimum atomic E-state index is -3.48. The maximum Gasteiger partial charge on any atom is 0.242 e. The van der Waals surface area contributed by atoms with Crippen LogP contribution >= 0.6 is 11.6 Å². The van der Waals surface area contributed by atoms with Crippen LogP contribution in [-0.2, 0) is 10.0 Å². The molecule has 1 saturated carbocycles. The third-order valence-corrected chi connectivity index (χ3v) is 3.99. The first-order valence-electron chi connectivity index (χ1n) is 4.56. The van der Waals surface area contributed by atoms with Crippen LogP contribution in [0.25, 0.3) is 0 Å². The van der Waals surface area contributed by atoms with Gasteiger partial charge < -0.3 is 5.73 Å². The smallest absolute Gasteiger partial charge is 0.242 e. The third kappa shape index (κ3) is 2.42. The highest BCUT2D eigenvalue weighted by molar-refractivity contribution is 7.89. The standard InChI is InChI=1S/C9H11ClN2O2S/c10-6-1-4-9(8(11)5-6)15(13,14)12-7-2-3-7/h1,4-5,7,12H,2-3,11H2. The molecule has 0 aliphatic heterocycles. The second-order valence-corrected chi connectivity index (χ2v) is 5.70. The molecule has 0 saturated heterocycles. The summed E-state index contributed by atoms with van der Waals surface area (Å²) in [6.45, 7) is 0. The third-order valence-electron chi connectivity index (χ3n) is 2.16. The molecule has 0 radical (unpaired) electrons. The largest absolute Gasteiger partial charge is 0.398 e. The van der Waals surface area contributed by atoms with Gasteiger partial charge in [0.15, 0.2) is 0 Å². The summed E-state index contributed by atoms with van der Waals surface area (Å²) in [6, 6.07) is 4.44. The number of hydrogen-bond donors (Lipinski definition) is 2. The van der Waals surface area contributed by atoms with Gasteiger partial charge in [0, 0.05) is 11.1 Å². The van der Waals surface area contributed by atoms with Crippen LogP contribution in [0.1, 0.15) is 12.8 Å². The van der Waals surface area contributed by atoms with Gasteiger partial charge in [0.25, 0.3) is 0 Å². The summed E-state index contributed by atoms with van der Waals surface area (Å²) in [5.74, 6) is 0. The van der Waals surface area contributed by atoms with Crippen molar-refractivity contribution in [1.82, 2.24) is 4.72 Å². The second kappa shape index (κ2) is 3.66. The summed E-state index contributed by atoms with van der Waals surface area (Å²) in [7, 11) is -3.48. The van der Waals surface area contributed by atoms with Crippen molar-refractivity contribution in [3.05, 3.63) is 23.2 Å². The van der Waals surface area contributed by atoms with Crippen molar-refractivity contribution < 1.29 is 8.42 Å². The summed E-state index contributed by atoms with van der Waals surface area (Å²) in [6.07, 6.45) is 1.79. The molecule has 6 heteroatoms. The van der Waals surface area contributed by atoms with Gasteiger partial charge in [0.2, 0.25) is 10.0 Å². The molecule has 1 aromatic rings. The van der Waals surface area contributed by atoms with E-state index in [0.717, 1.165) is 12.8 Å². The lowest BCUT2D eigenvalue weighted by atomic mass is 10.3. The van der Waals surface area contributed by atoms with E-state index in [9.17, 15) is 8.42 Å². The number of nitrogen functional groups attached to an aromatic ring is 1. The minimum absolute atomic E-state index is 0.0741. The Morgan fingerprint density at radius 2 is 2.07 bits per heavy atom. The molecule has 0 aromatic heterocycles. The molecule has 82 valence electrons. The number of halogens is 1. The number of rotatable bonds is 3. The molecule has 0 atom stereocenters. The molecule has 4 nitrogen and oxygen atoms in total. The topological polar surface area (TPSA) is 72.2 Å². The average molecular weight is 247 g/mol. The van der Waals surface area contributed by atoms with E-state index >= 15 is 0 Å². The highest BCUT2D eigenvalue weighted by atomic mass is 35.5. The zero-order valence-corrected chi connectivity index (χ0v) is 9.48. The lowest BCUT2D eigenvalue weighted by molar-refractivity contribution is 0.581. The fourth-order valence-electron chi connectivity index (χ4n) is 1.25. The van der Waals surface area contributed by atoms with E-state index < -0.39 is 10.0 Å². The number of anilines is 1. The number of hydrogen-bond acceptors (Lipinski definition) is 3. The van der Waals surface area contributed by atoms with E-state index in [4.69, 9.17) is 17.3 Å². The number of sulfonamides is 1. The van der Waals surface area contributed by atoms with Crippen molar-refractivity contribution in [3.63, 3.8) is 0 Å². The van der Waals surface area contributed by atoms with Gasteiger partial charge in [-0.2, -0.15) is 0 Å². The first-order chi connectivity index (χ1) is 6.99. The van der Waals surface area contributed by atoms with Gasteiger partial charge >= 0.3 is 0 Å². The van der Waals surface area contributed by atoms with E-state index in [1.807, 2.05) is 0 Å². The van der Waals surface area contributed by atoms with E-state index in [2.05, 4.69) is 4.72 Å². The molecular weight excluding hydrogens is 236 g/mol. The summed E-state index contributed by atoms with van der Waals surface area (Å²) in [5, 5.41) is 0.429. The number of benzene rings is 1. The summed E-state index contributed by atoms with van der Waals surface area (Å²) >= 11 is 5.69. The Hall–Kier alpha value is -0.780. The lowest BCUT2D eigenvalue weighted by Crippen LogP contribution is -2.26. The van der Waals surface area contributed by atoms with Gasteiger partial charge in [-0.25, -0.2) is 13.1 Å². The van der Waals surface area contributed by atoms with Crippen LogP contribution in [-0.4, -0.2) is 14.5 Å². The van der Waals surface area contributed by atoms with Crippen LogP contribution in [0.15, 0.2) is 23.1 Å². The van der Waals surface area contributed by atoms with Crippen molar-refractivity contribution in [3.8, 4) is 0 Å². The van der Waals surface area contributed by atoms with Gasteiger partial charge in [0.05, 0.1) is 5.69 Å². The normalized spacial score (nSPS) is 16.6. The quantitative estimate of drug-likeness (QED) is 0.791. The Bertz CT molecular complexity index is 483. The fraction of sp³-hybridized carbons (Fsp3) is 0.333. The first kappa shape index (κ1) is 10.7. The maximum atomic E-state index is 11.8. The average Bonchev–Trinajstić information content (AvgIpc) is 2.86. The van der Waals surface area contributed by atoms with Gasteiger partial charge in [-0.3, -0.25) is 0 Å². The highest BCUT2D eigenvalue weighted by Crippen LogP contribution is 2.26. The molecular formula is C9H11ClN2O2S. The molecule has 0 heterocycles. The van der Waals surface area contributed by atoms with Crippen molar-refractivity contribution in [2.45, 2.75) is 23.8 Å². The Balaban J connectivity index is 2.34. The Kier molecular flexibility index (Phi) is 2.62. The van der Waals surface area contributed by atoms with Crippen molar-refractivity contribution >= 4 is 27.3 Å². The first-order valence-corrected chi connectivity index (χ1v) is 6.42. The van der Waals surface area contributed by atoms with Crippen LogP contribution in [0.4, 0.5) is 5.69 Å². The van der Waals surface area contributed by atoms with E-state index in [0.29, 0.717) is 5.02 Å². The summed E-state index contributed by atoms with van der Waals surface area (Å²) in [4.78, 5) is 0.0961. The molecule has 0 spiro atoms. The second-order valence-electron chi connectivity index (χ2n) is 3.58.